The first-order valence-corrected chi connectivity index (χ1v) is 6.56. The van der Waals surface area contributed by atoms with Gasteiger partial charge in [0.2, 0.25) is 0 Å². The average Bonchev–Trinajstić information content (AvgIpc) is 2.64. The molecule has 3 heteroatoms. The van der Waals surface area contributed by atoms with Gasteiger partial charge in [-0.2, -0.15) is 0 Å². The van der Waals surface area contributed by atoms with Gasteiger partial charge in [-0.3, -0.25) is 9.69 Å². The summed E-state index contributed by atoms with van der Waals surface area (Å²) >= 11 is 0. The van der Waals surface area contributed by atoms with Crippen LogP contribution in [0.3, 0.4) is 0 Å². The number of likely N-dealkylation sites (tertiary alicyclic amines) is 1. The van der Waals surface area contributed by atoms with Crippen LogP contribution >= 0.6 is 0 Å². The number of carboxylic acids is 1. The van der Waals surface area contributed by atoms with Gasteiger partial charge in [0.05, 0.1) is 0 Å². The smallest absolute Gasteiger partial charge is 0.323 e. The summed E-state index contributed by atoms with van der Waals surface area (Å²) < 4.78 is 0. The summed E-state index contributed by atoms with van der Waals surface area (Å²) in [5.74, 6) is -0.653. The summed E-state index contributed by atoms with van der Waals surface area (Å²) in [4.78, 5) is 13.6. The third-order valence-electron chi connectivity index (χ3n) is 3.96. The van der Waals surface area contributed by atoms with Crippen molar-refractivity contribution in [3.63, 3.8) is 0 Å². The molecule has 1 saturated heterocycles. The monoisotopic (exact) mass is 227 g/mol. The second-order valence-electron chi connectivity index (χ2n) is 5.08. The maximum atomic E-state index is 11.4. The lowest BCUT2D eigenvalue weighted by molar-refractivity contribution is -0.150. The molecule has 0 aromatic rings. The van der Waals surface area contributed by atoms with Crippen LogP contribution in [0.1, 0.15) is 59.3 Å². The van der Waals surface area contributed by atoms with E-state index in [1.54, 1.807) is 0 Å². The average molecular weight is 227 g/mol. The van der Waals surface area contributed by atoms with Crippen molar-refractivity contribution in [3.8, 4) is 0 Å². The molecule has 1 aliphatic heterocycles. The zero-order chi connectivity index (χ0) is 12.2. The number of carbonyl (C=O) groups is 1. The highest BCUT2D eigenvalue weighted by atomic mass is 16.4. The van der Waals surface area contributed by atoms with Gasteiger partial charge in [0, 0.05) is 6.04 Å². The van der Waals surface area contributed by atoms with Crippen LogP contribution in [0.5, 0.6) is 0 Å². The number of aliphatic carboxylic acids is 1. The molecule has 1 heterocycles. The number of hydrogen-bond acceptors (Lipinski definition) is 2. The minimum Gasteiger partial charge on any atom is -0.480 e. The molecule has 0 aliphatic carbocycles. The second kappa shape index (κ2) is 5.67. The SMILES string of the molecule is CCCCC(CC)N1CCCC1(C)C(=O)O. The largest absolute Gasteiger partial charge is 0.480 e. The zero-order valence-corrected chi connectivity index (χ0v) is 10.8. The van der Waals surface area contributed by atoms with Crippen LogP contribution < -0.4 is 0 Å². The van der Waals surface area contributed by atoms with Gasteiger partial charge < -0.3 is 5.11 Å². The van der Waals surface area contributed by atoms with E-state index in [1.165, 1.54) is 12.8 Å². The predicted molar refractivity (Wildman–Crippen MR) is 65.6 cm³/mol. The van der Waals surface area contributed by atoms with Gasteiger partial charge >= 0.3 is 5.97 Å². The molecule has 0 amide bonds. The molecule has 0 bridgehead atoms. The highest BCUT2D eigenvalue weighted by molar-refractivity contribution is 5.78. The first-order valence-electron chi connectivity index (χ1n) is 6.56. The van der Waals surface area contributed by atoms with Crippen LogP contribution in [-0.2, 0) is 4.79 Å². The van der Waals surface area contributed by atoms with Gasteiger partial charge in [0.1, 0.15) is 5.54 Å². The van der Waals surface area contributed by atoms with E-state index in [0.717, 1.165) is 32.2 Å². The fourth-order valence-corrected chi connectivity index (χ4v) is 2.82. The van der Waals surface area contributed by atoms with Gasteiger partial charge in [-0.25, -0.2) is 0 Å². The maximum absolute atomic E-state index is 11.4. The van der Waals surface area contributed by atoms with Crippen LogP contribution in [0.4, 0.5) is 0 Å². The Labute approximate surface area is 98.8 Å². The summed E-state index contributed by atoms with van der Waals surface area (Å²) in [6, 6.07) is 0.448. The summed E-state index contributed by atoms with van der Waals surface area (Å²) in [5.41, 5.74) is -0.617. The van der Waals surface area contributed by atoms with E-state index in [9.17, 15) is 9.90 Å². The molecule has 16 heavy (non-hydrogen) atoms. The van der Waals surface area contributed by atoms with Crippen molar-refractivity contribution in [1.82, 2.24) is 4.90 Å². The first kappa shape index (κ1) is 13.5. The highest BCUT2D eigenvalue weighted by Crippen LogP contribution is 2.33. The van der Waals surface area contributed by atoms with Crippen molar-refractivity contribution in [2.45, 2.75) is 70.9 Å². The Hall–Kier alpha value is -0.570. The maximum Gasteiger partial charge on any atom is 0.323 e. The van der Waals surface area contributed by atoms with Gasteiger partial charge in [-0.05, 0) is 39.2 Å². The van der Waals surface area contributed by atoms with Crippen molar-refractivity contribution in [2.75, 3.05) is 6.54 Å². The lowest BCUT2D eigenvalue weighted by Crippen LogP contribution is -2.52. The van der Waals surface area contributed by atoms with Crippen LogP contribution in [0.15, 0.2) is 0 Å². The minimum atomic E-state index is -0.653. The summed E-state index contributed by atoms with van der Waals surface area (Å²) in [6.07, 6.45) is 6.40. The Morgan fingerprint density at radius 2 is 2.19 bits per heavy atom. The first-order chi connectivity index (χ1) is 7.56. The number of hydrogen-bond donors (Lipinski definition) is 1. The molecule has 0 aromatic carbocycles. The molecule has 3 nitrogen and oxygen atoms in total. The number of carboxylic acid groups (broad SMARTS) is 1. The molecule has 2 unspecified atom stereocenters. The van der Waals surface area contributed by atoms with Gasteiger partial charge in [-0.1, -0.05) is 26.7 Å². The van der Waals surface area contributed by atoms with E-state index >= 15 is 0 Å². The highest BCUT2D eigenvalue weighted by Gasteiger charge is 2.45. The summed E-state index contributed by atoms with van der Waals surface area (Å²) in [5, 5.41) is 9.37. The molecule has 94 valence electrons. The molecule has 0 radical (unpaired) electrons. The van der Waals surface area contributed by atoms with E-state index in [1.807, 2.05) is 6.92 Å². The van der Waals surface area contributed by atoms with E-state index in [4.69, 9.17) is 0 Å². The molecule has 1 rings (SSSR count). The summed E-state index contributed by atoms with van der Waals surface area (Å²) in [6.45, 7) is 7.19. The summed E-state index contributed by atoms with van der Waals surface area (Å²) in [7, 11) is 0. The molecular weight excluding hydrogens is 202 g/mol. The van der Waals surface area contributed by atoms with E-state index in [0.29, 0.717) is 6.04 Å². The molecule has 2 atom stereocenters. The Kier molecular flexibility index (Phi) is 4.78. The van der Waals surface area contributed by atoms with Gasteiger partial charge in [-0.15, -0.1) is 0 Å². The number of nitrogens with zero attached hydrogens (tertiary/aromatic N) is 1. The predicted octanol–water partition coefficient (Wildman–Crippen LogP) is 2.89. The van der Waals surface area contributed by atoms with E-state index in [-0.39, 0.29) is 0 Å². The van der Waals surface area contributed by atoms with Crippen LogP contribution in [0, 0.1) is 0 Å². The van der Waals surface area contributed by atoms with E-state index in [2.05, 4.69) is 18.7 Å². The Morgan fingerprint density at radius 1 is 1.50 bits per heavy atom. The third kappa shape index (κ3) is 2.57. The second-order valence-corrected chi connectivity index (χ2v) is 5.08. The van der Waals surface area contributed by atoms with Crippen molar-refractivity contribution in [2.24, 2.45) is 0 Å². The topological polar surface area (TPSA) is 40.5 Å². The minimum absolute atomic E-state index is 0.448. The van der Waals surface area contributed by atoms with Crippen molar-refractivity contribution in [3.05, 3.63) is 0 Å². The molecular formula is C13H25NO2. The lowest BCUT2D eigenvalue weighted by Gasteiger charge is -2.37. The van der Waals surface area contributed by atoms with Crippen LogP contribution in [0.25, 0.3) is 0 Å². The molecule has 0 saturated carbocycles. The van der Waals surface area contributed by atoms with Gasteiger partial charge in [0.15, 0.2) is 0 Å². The molecule has 0 aromatic heterocycles. The quantitative estimate of drug-likeness (QED) is 0.758. The Bertz CT molecular complexity index is 242. The number of rotatable bonds is 6. The van der Waals surface area contributed by atoms with Gasteiger partial charge in [0.25, 0.3) is 0 Å². The fourth-order valence-electron chi connectivity index (χ4n) is 2.82. The standard InChI is InChI=1S/C13H25NO2/c1-4-6-8-11(5-2)14-10-7-9-13(14,3)12(15)16/h11H,4-10H2,1-3H3,(H,15,16). The van der Waals surface area contributed by atoms with Crippen molar-refractivity contribution >= 4 is 5.97 Å². The normalized spacial score (nSPS) is 28.2. The van der Waals surface area contributed by atoms with Crippen LogP contribution in [0.2, 0.25) is 0 Å². The molecule has 1 aliphatic rings. The Balaban J connectivity index is 2.71. The van der Waals surface area contributed by atoms with Crippen molar-refractivity contribution < 1.29 is 9.90 Å². The molecule has 0 spiro atoms. The van der Waals surface area contributed by atoms with Crippen molar-refractivity contribution in [1.29, 1.82) is 0 Å². The van der Waals surface area contributed by atoms with Crippen LogP contribution in [-0.4, -0.2) is 34.1 Å². The molecule has 1 fully saturated rings. The fraction of sp³-hybridized carbons (Fsp3) is 0.923. The third-order valence-corrected chi connectivity index (χ3v) is 3.96. The number of unbranched alkanes of at least 4 members (excludes halogenated alkanes) is 1. The van der Waals surface area contributed by atoms with E-state index < -0.39 is 11.5 Å². The Morgan fingerprint density at radius 3 is 2.69 bits per heavy atom. The zero-order valence-electron chi connectivity index (χ0n) is 10.8. The lowest BCUT2D eigenvalue weighted by atomic mass is 9.95. The molecule has 1 N–H and O–H groups in total.